The summed E-state index contributed by atoms with van der Waals surface area (Å²) in [5, 5.41) is 9.25. The van der Waals surface area contributed by atoms with E-state index in [-0.39, 0.29) is 12.5 Å². The van der Waals surface area contributed by atoms with Crippen molar-refractivity contribution in [2.45, 2.75) is 20.8 Å². The van der Waals surface area contributed by atoms with E-state index >= 15 is 0 Å². The molecule has 0 aliphatic heterocycles. The van der Waals surface area contributed by atoms with Crippen LogP contribution in [0.15, 0.2) is 41.6 Å². The van der Waals surface area contributed by atoms with Gasteiger partial charge >= 0.3 is 0 Å². The topological polar surface area (TPSA) is 79.8 Å². The monoisotopic (exact) mass is 373 g/mol. The van der Waals surface area contributed by atoms with Crippen LogP contribution in [0.4, 0.5) is 11.4 Å². The molecule has 0 radical (unpaired) electrons. The number of rotatable bonds is 6. The Balaban J connectivity index is 1.82. The van der Waals surface area contributed by atoms with E-state index in [0.717, 1.165) is 28.6 Å². The van der Waals surface area contributed by atoms with Crippen molar-refractivity contribution in [2.75, 3.05) is 17.2 Å². The van der Waals surface area contributed by atoms with Crippen LogP contribution in [0, 0.1) is 20.8 Å². The zero-order valence-corrected chi connectivity index (χ0v) is 15.6. The number of nitrogens with zero attached hydrogens (tertiary/aromatic N) is 1. The maximum absolute atomic E-state index is 12.0. The van der Waals surface area contributed by atoms with Crippen LogP contribution in [-0.2, 0) is 14.4 Å². The Morgan fingerprint density at radius 2 is 1.77 bits per heavy atom. The van der Waals surface area contributed by atoms with Gasteiger partial charge in [0.15, 0.2) is 6.61 Å². The first kappa shape index (κ1) is 19.5. The molecule has 0 spiro atoms. The summed E-state index contributed by atoms with van der Waals surface area (Å²) in [5.74, 6) is -0.868. The van der Waals surface area contributed by atoms with E-state index < -0.39 is 5.91 Å². The molecule has 0 heterocycles. The number of nitrogens with one attached hydrogen (secondary N) is 2. The second-order valence-electron chi connectivity index (χ2n) is 5.80. The third kappa shape index (κ3) is 5.60. The first-order valence-electron chi connectivity index (χ1n) is 7.95. The molecule has 0 saturated heterocycles. The van der Waals surface area contributed by atoms with Crippen molar-refractivity contribution in [3.8, 4) is 0 Å². The average molecular weight is 374 g/mol. The van der Waals surface area contributed by atoms with Crippen molar-refractivity contribution < 1.29 is 14.4 Å². The minimum Gasteiger partial charge on any atom is -0.385 e. The van der Waals surface area contributed by atoms with Crippen LogP contribution >= 0.6 is 11.6 Å². The summed E-state index contributed by atoms with van der Waals surface area (Å²) < 4.78 is 0. The van der Waals surface area contributed by atoms with E-state index in [1.165, 1.54) is 0 Å². The van der Waals surface area contributed by atoms with Crippen LogP contribution in [0.5, 0.6) is 0 Å². The lowest BCUT2D eigenvalue weighted by molar-refractivity contribution is -0.120. The van der Waals surface area contributed by atoms with Gasteiger partial charge in [0.05, 0.1) is 10.7 Å². The number of amides is 2. The standard InChI is InChI=1S/C19H20ClN3O3/c1-12-8-13(2)19(14(3)9-12)23-18(25)11-26-21-10-17(24)22-16-7-5-4-6-15(16)20/h4-10H,11H2,1-3H3,(H,22,24)(H,23,25)/b21-10+. The molecule has 2 amide bonds. The van der Waals surface area contributed by atoms with Crippen molar-refractivity contribution in [3.05, 3.63) is 58.1 Å². The molecule has 0 bridgehead atoms. The summed E-state index contributed by atoms with van der Waals surface area (Å²) in [6.45, 7) is 5.54. The number of aryl methyl sites for hydroxylation is 3. The summed E-state index contributed by atoms with van der Waals surface area (Å²) in [6.07, 6.45) is 0.943. The molecule has 0 aliphatic rings. The van der Waals surface area contributed by atoms with E-state index in [1.54, 1.807) is 24.3 Å². The molecule has 0 atom stereocenters. The summed E-state index contributed by atoms with van der Waals surface area (Å²) in [5.41, 5.74) is 4.29. The number of halogens is 1. The van der Waals surface area contributed by atoms with Crippen LogP contribution in [0.2, 0.25) is 5.02 Å². The van der Waals surface area contributed by atoms with Gasteiger partial charge in [-0.15, -0.1) is 0 Å². The van der Waals surface area contributed by atoms with E-state index in [0.29, 0.717) is 10.7 Å². The Kier molecular flexibility index (Phi) is 6.74. The van der Waals surface area contributed by atoms with Gasteiger partial charge in [-0.25, -0.2) is 0 Å². The molecule has 0 unspecified atom stereocenters. The number of para-hydroxylation sites is 1. The molecule has 0 saturated carbocycles. The summed E-state index contributed by atoms with van der Waals surface area (Å²) in [4.78, 5) is 28.5. The quantitative estimate of drug-likeness (QED) is 0.596. The van der Waals surface area contributed by atoms with Gasteiger partial charge in [0, 0.05) is 5.69 Å². The zero-order valence-electron chi connectivity index (χ0n) is 14.8. The fourth-order valence-corrected chi connectivity index (χ4v) is 2.64. The first-order chi connectivity index (χ1) is 12.4. The Hall–Kier alpha value is -2.86. The van der Waals surface area contributed by atoms with Crippen LogP contribution in [0.3, 0.4) is 0 Å². The smallest absolute Gasteiger partial charge is 0.270 e. The van der Waals surface area contributed by atoms with E-state index in [4.69, 9.17) is 16.4 Å². The predicted molar refractivity (Wildman–Crippen MR) is 104 cm³/mol. The molecule has 0 aromatic heterocycles. The van der Waals surface area contributed by atoms with Gasteiger partial charge in [-0.05, 0) is 44.0 Å². The van der Waals surface area contributed by atoms with E-state index in [2.05, 4.69) is 15.8 Å². The van der Waals surface area contributed by atoms with Gasteiger partial charge in [-0.3, -0.25) is 9.59 Å². The van der Waals surface area contributed by atoms with Gasteiger partial charge < -0.3 is 15.5 Å². The van der Waals surface area contributed by atoms with Gasteiger partial charge in [-0.1, -0.05) is 46.6 Å². The second-order valence-corrected chi connectivity index (χ2v) is 6.21. The highest BCUT2D eigenvalue weighted by Gasteiger charge is 2.09. The molecule has 26 heavy (non-hydrogen) atoms. The number of benzene rings is 2. The summed E-state index contributed by atoms with van der Waals surface area (Å²) >= 11 is 5.94. The minimum atomic E-state index is -0.510. The number of hydrogen-bond acceptors (Lipinski definition) is 4. The lowest BCUT2D eigenvalue weighted by atomic mass is 10.1. The molecule has 0 aliphatic carbocycles. The fourth-order valence-electron chi connectivity index (χ4n) is 2.46. The maximum atomic E-state index is 12.0. The summed E-state index contributed by atoms with van der Waals surface area (Å²) in [7, 11) is 0. The van der Waals surface area contributed by atoms with Crippen molar-refractivity contribution >= 4 is 41.0 Å². The largest absolute Gasteiger partial charge is 0.385 e. The minimum absolute atomic E-state index is 0.303. The number of carbonyl (C=O) groups is 2. The molecular weight excluding hydrogens is 354 g/mol. The Bertz CT molecular complexity index is 827. The van der Waals surface area contributed by atoms with Crippen molar-refractivity contribution in [1.82, 2.24) is 0 Å². The van der Waals surface area contributed by atoms with Crippen LogP contribution in [-0.4, -0.2) is 24.6 Å². The Morgan fingerprint density at radius 3 is 2.42 bits per heavy atom. The highest BCUT2D eigenvalue weighted by atomic mass is 35.5. The highest BCUT2D eigenvalue weighted by Crippen LogP contribution is 2.22. The molecular formula is C19H20ClN3O3. The number of hydrogen-bond donors (Lipinski definition) is 2. The predicted octanol–water partition coefficient (Wildman–Crippen LogP) is 3.84. The number of oxime groups is 1. The molecule has 0 fully saturated rings. The molecule has 7 heteroatoms. The van der Waals surface area contributed by atoms with Crippen LogP contribution < -0.4 is 10.6 Å². The molecule has 2 N–H and O–H groups in total. The molecule has 2 rings (SSSR count). The summed E-state index contributed by atoms with van der Waals surface area (Å²) in [6, 6.07) is 10.8. The van der Waals surface area contributed by atoms with Crippen LogP contribution in [0.1, 0.15) is 16.7 Å². The van der Waals surface area contributed by atoms with Crippen molar-refractivity contribution in [3.63, 3.8) is 0 Å². The Morgan fingerprint density at radius 1 is 1.12 bits per heavy atom. The first-order valence-corrected chi connectivity index (χ1v) is 8.33. The molecule has 6 nitrogen and oxygen atoms in total. The third-order valence-corrected chi connectivity index (χ3v) is 3.84. The molecule has 136 valence electrons. The van der Waals surface area contributed by atoms with Crippen LogP contribution in [0.25, 0.3) is 0 Å². The highest BCUT2D eigenvalue weighted by molar-refractivity contribution is 6.36. The van der Waals surface area contributed by atoms with Gasteiger partial charge in [0.1, 0.15) is 6.21 Å². The van der Waals surface area contributed by atoms with Gasteiger partial charge in [0.2, 0.25) is 0 Å². The maximum Gasteiger partial charge on any atom is 0.270 e. The molecule has 2 aromatic carbocycles. The molecule has 2 aromatic rings. The van der Waals surface area contributed by atoms with Gasteiger partial charge in [-0.2, -0.15) is 0 Å². The zero-order chi connectivity index (χ0) is 19.1. The average Bonchev–Trinajstić information content (AvgIpc) is 2.57. The third-order valence-electron chi connectivity index (χ3n) is 3.51. The van der Waals surface area contributed by atoms with E-state index in [1.807, 2.05) is 32.9 Å². The normalized spacial score (nSPS) is 10.6. The lowest BCUT2D eigenvalue weighted by Gasteiger charge is -2.12. The fraction of sp³-hybridized carbons (Fsp3) is 0.211. The lowest BCUT2D eigenvalue weighted by Crippen LogP contribution is -2.19. The van der Waals surface area contributed by atoms with E-state index in [9.17, 15) is 9.59 Å². The second kappa shape index (κ2) is 9.01. The number of anilines is 2. The van der Waals surface area contributed by atoms with Crippen molar-refractivity contribution in [1.29, 1.82) is 0 Å². The van der Waals surface area contributed by atoms with Gasteiger partial charge in [0.25, 0.3) is 11.8 Å². The Labute approximate surface area is 157 Å². The van der Waals surface area contributed by atoms with Crippen molar-refractivity contribution in [2.24, 2.45) is 5.16 Å². The number of carbonyl (C=O) groups excluding carboxylic acids is 2. The SMILES string of the molecule is Cc1cc(C)c(NC(=O)CO/N=C/C(=O)Nc2ccccc2Cl)c(C)c1.